The number of furan rings is 1. The third-order valence-electron chi connectivity index (χ3n) is 6.36. The second kappa shape index (κ2) is 10.7. The molecule has 2 unspecified atom stereocenters. The summed E-state index contributed by atoms with van der Waals surface area (Å²) in [6.45, 7) is 2.30. The molecule has 1 amide bonds. The fourth-order valence-corrected chi connectivity index (χ4v) is 4.97. The quantitative estimate of drug-likeness (QED) is 0.266. The van der Waals surface area contributed by atoms with E-state index < -0.39 is 0 Å². The van der Waals surface area contributed by atoms with Gasteiger partial charge in [0.25, 0.3) is 0 Å². The predicted molar refractivity (Wildman–Crippen MR) is 146 cm³/mol. The summed E-state index contributed by atoms with van der Waals surface area (Å²) in [6.07, 6.45) is 1.91. The standard InChI is InChI=1S/C28H24ClFN4O2S/c1-17-20(5-4-6-21(17)29)23-12-13-24(36-23)27-26(22-7-2-3-15-31-22)33-28(37)34(27)16-14-25(35)32-19-10-8-18(30)9-11-19/h2-13,15,26-27H,14,16H2,1H3,(H,32,35)(H,33,37). The third-order valence-corrected chi connectivity index (χ3v) is 7.12. The normalized spacial score (nSPS) is 17.1. The number of carbonyl (C=O) groups excluding carboxylic acids is 1. The monoisotopic (exact) mass is 534 g/mol. The molecule has 0 spiro atoms. The van der Waals surface area contributed by atoms with Crippen molar-refractivity contribution in [3.05, 3.63) is 107 Å². The molecule has 0 radical (unpaired) electrons. The maximum atomic E-state index is 13.2. The number of hydrogen-bond acceptors (Lipinski definition) is 4. The van der Waals surface area contributed by atoms with Crippen molar-refractivity contribution in [2.24, 2.45) is 0 Å². The van der Waals surface area contributed by atoms with E-state index >= 15 is 0 Å². The molecule has 4 aromatic rings. The largest absolute Gasteiger partial charge is 0.459 e. The number of rotatable bonds is 7. The number of aromatic nitrogens is 1. The maximum absolute atomic E-state index is 13.2. The van der Waals surface area contributed by atoms with E-state index in [1.807, 2.05) is 60.4 Å². The van der Waals surface area contributed by atoms with Gasteiger partial charge in [0, 0.05) is 35.4 Å². The summed E-state index contributed by atoms with van der Waals surface area (Å²) in [5.74, 6) is 0.822. The lowest BCUT2D eigenvalue weighted by Crippen LogP contribution is -2.32. The van der Waals surface area contributed by atoms with Crippen LogP contribution in [0.5, 0.6) is 0 Å². The number of halogens is 2. The number of hydrogen-bond donors (Lipinski definition) is 2. The van der Waals surface area contributed by atoms with E-state index in [0.29, 0.717) is 33.9 Å². The molecular formula is C28H24ClFN4O2S. The summed E-state index contributed by atoms with van der Waals surface area (Å²) in [5, 5.41) is 7.33. The average Bonchev–Trinajstić information content (AvgIpc) is 3.51. The molecule has 3 heterocycles. The van der Waals surface area contributed by atoms with Gasteiger partial charge in [0.2, 0.25) is 5.91 Å². The fourth-order valence-electron chi connectivity index (χ4n) is 4.46. The molecule has 1 fully saturated rings. The van der Waals surface area contributed by atoms with Crippen LogP contribution in [0, 0.1) is 12.7 Å². The van der Waals surface area contributed by atoms with Crippen molar-refractivity contribution < 1.29 is 13.6 Å². The van der Waals surface area contributed by atoms with Gasteiger partial charge in [0.1, 0.15) is 23.4 Å². The second-order valence-electron chi connectivity index (χ2n) is 8.74. The van der Waals surface area contributed by atoms with Crippen molar-refractivity contribution in [2.75, 3.05) is 11.9 Å². The molecule has 0 aliphatic carbocycles. The van der Waals surface area contributed by atoms with E-state index in [9.17, 15) is 9.18 Å². The Kier molecular flexibility index (Phi) is 7.21. The van der Waals surface area contributed by atoms with Crippen molar-refractivity contribution in [2.45, 2.75) is 25.4 Å². The van der Waals surface area contributed by atoms with E-state index in [0.717, 1.165) is 16.8 Å². The Balaban J connectivity index is 1.41. The van der Waals surface area contributed by atoms with Crippen LogP contribution < -0.4 is 10.6 Å². The van der Waals surface area contributed by atoms with Crippen LogP contribution in [-0.4, -0.2) is 27.4 Å². The van der Waals surface area contributed by atoms with Crippen LogP contribution in [-0.2, 0) is 4.79 Å². The first-order valence-electron chi connectivity index (χ1n) is 11.8. The summed E-state index contributed by atoms with van der Waals surface area (Å²) < 4.78 is 19.6. The molecule has 1 saturated heterocycles. The highest BCUT2D eigenvalue weighted by atomic mass is 35.5. The molecule has 2 N–H and O–H groups in total. The van der Waals surface area contributed by atoms with E-state index in [2.05, 4.69) is 15.6 Å². The van der Waals surface area contributed by atoms with Gasteiger partial charge in [0.15, 0.2) is 5.11 Å². The van der Waals surface area contributed by atoms with Gasteiger partial charge >= 0.3 is 0 Å². The van der Waals surface area contributed by atoms with Crippen LogP contribution in [0.25, 0.3) is 11.3 Å². The molecular weight excluding hydrogens is 511 g/mol. The SMILES string of the molecule is Cc1c(Cl)cccc1-c1ccc(C2C(c3ccccn3)NC(=S)N2CCC(=O)Nc2ccc(F)cc2)o1. The zero-order valence-electron chi connectivity index (χ0n) is 19.9. The number of benzene rings is 2. The van der Waals surface area contributed by atoms with Crippen LogP contribution in [0.4, 0.5) is 10.1 Å². The fraction of sp³-hybridized carbons (Fsp3) is 0.179. The highest BCUT2D eigenvalue weighted by Gasteiger charge is 2.41. The lowest BCUT2D eigenvalue weighted by atomic mass is 10.0. The average molecular weight is 535 g/mol. The lowest BCUT2D eigenvalue weighted by Gasteiger charge is -2.25. The summed E-state index contributed by atoms with van der Waals surface area (Å²) in [7, 11) is 0. The highest BCUT2D eigenvalue weighted by Crippen LogP contribution is 2.41. The van der Waals surface area contributed by atoms with E-state index in [-0.39, 0.29) is 30.2 Å². The minimum atomic E-state index is -0.360. The van der Waals surface area contributed by atoms with Gasteiger partial charge in [-0.25, -0.2) is 4.39 Å². The minimum absolute atomic E-state index is 0.172. The zero-order chi connectivity index (χ0) is 25.9. The number of amides is 1. The van der Waals surface area contributed by atoms with Gasteiger partial charge in [-0.1, -0.05) is 29.8 Å². The van der Waals surface area contributed by atoms with E-state index in [1.54, 1.807) is 6.20 Å². The molecule has 2 aromatic carbocycles. The second-order valence-corrected chi connectivity index (χ2v) is 9.53. The molecule has 0 bridgehead atoms. The Labute approximate surface area is 224 Å². The molecule has 1 aliphatic heterocycles. The number of thiocarbonyl (C=S) groups is 1. The number of nitrogens with one attached hydrogen (secondary N) is 2. The van der Waals surface area contributed by atoms with Crippen molar-refractivity contribution in [3.8, 4) is 11.3 Å². The number of carbonyl (C=O) groups is 1. The summed E-state index contributed by atoms with van der Waals surface area (Å²) >= 11 is 12.0. The molecule has 2 atom stereocenters. The Morgan fingerprint density at radius 3 is 2.70 bits per heavy atom. The first kappa shape index (κ1) is 24.9. The highest BCUT2D eigenvalue weighted by molar-refractivity contribution is 7.80. The van der Waals surface area contributed by atoms with Crippen LogP contribution in [0.15, 0.2) is 83.4 Å². The van der Waals surface area contributed by atoms with Crippen LogP contribution >= 0.6 is 23.8 Å². The predicted octanol–water partition coefficient (Wildman–Crippen LogP) is 6.44. The van der Waals surface area contributed by atoms with Crippen molar-refractivity contribution in [1.82, 2.24) is 15.2 Å². The minimum Gasteiger partial charge on any atom is -0.459 e. The zero-order valence-corrected chi connectivity index (χ0v) is 21.5. The Bertz CT molecular complexity index is 1430. The van der Waals surface area contributed by atoms with Crippen molar-refractivity contribution in [3.63, 3.8) is 0 Å². The third kappa shape index (κ3) is 5.35. The Morgan fingerprint density at radius 1 is 1.14 bits per heavy atom. The van der Waals surface area contributed by atoms with Gasteiger partial charge in [-0.3, -0.25) is 9.78 Å². The van der Waals surface area contributed by atoms with E-state index in [1.165, 1.54) is 24.3 Å². The number of pyridine rings is 1. The molecule has 9 heteroatoms. The Hall–Kier alpha value is -3.75. The number of anilines is 1. The topological polar surface area (TPSA) is 70.4 Å². The molecule has 1 aliphatic rings. The van der Waals surface area contributed by atoms with Crippen molar-refractivity contribution >= 4 is 40.5 Å². The van der Waals surface area contributed by atoms with Crippen LogP contribution in [0.3, 0.4) is 0 Å². The van der Waals surface area contributed by atoms with Crippen LogP contribution in [0.1, 0.15) is 35.5 Å². The molecule has 0 saturated carbocycles. The Morgan fingerprint density at radius 2 is 1.95 bits per heavy atom. The number of nitrogens with zero attached hydrogens (tertiary/aromatic N) is 2. The molecule has 6 nitrogen and oxygen atoms in total. The van der Waals surface area contributed by atoms with Crippen LogP contribution in [0.2, 0.25) is 5.02 Å². The van der Waals surface area contributed by atoms with Gasteiger partial charge in [-0.2, -0.15) is 0 Å². The van der Waals surface area contributed by atoms with Gasteiger partial charge in [-0.05, 0) is 79.3 Å². The summed E-state index contributed by atoms with van der Waals surface area (Å²) in [5.41, 5.74) is 3.18. The molecule has 2 aromatic heterocycles. The first-order chi connectivity index (χ1) is 17.9. The first-order valence-corrected chi connectivity index (χ1v) is 12.6. The lowest BCUT2D eigenvalue weighted by molar-refractivity contribution is -0.116. The molecule has 188 valence electrons. The van der Waals surface area contributed by atoms with Gasteiger partial charge < -0.3 is 20.0 Å². The summed E-state index contributed by atoms with van der Waals surface area (Å²) in [6, 6.07) is 20.3. The molecule has 5 rings (SSSR count). The maximum Gasteiger partial charge on any atom is 0.226 e. The van der Waals surface area contributed by atoms with Gasteiger partial charge in [0.05, 0.1) is 11.7 Å². The van der Waals surface area contributed by atoms with Crippen molar-refractivity contribution in [1.29, 1.82) is 0 Å². The van der Waals surface area contributed by atoms with Gasteiger partial charge in [-0.15, -0.1) is 0 Å². The molecule has 37 heavy (non-hydrogen) atoms. The van der Waals surface area contributed by atoms with E-state index in [4.69, 9.17) is 28.2 Å². The summed E-state index contributed by atoms with van der Waals surface area (Å²) in [4.78, 5) is 19.2. The smallest absolute Gasteiger partial charge is 0.226 e.